The topological polar surface area (TPSA) is 67.6 Å². The van der Waals surface area contributed by atoms with Crippen LogP contribution in [0.25, 0.3) is 0 Å². The number of carbonyl (C=O) groups excluding carboxylic acids is 1. The average Bonchev–Trinajstić information content (AvgIpc) is 2.86. The van der Waals surface area contributed by atoms with Crippen LogP contribution in [-0.4, -0.2) is 29.7 Å². The summed E-state index contributed by atoms with van der Waals surface area (Å²) in [4.78, 5) is 13.6. The Kier molecular flexibility index (Phi) is 4.81. The molecule has 1 heterocycles. The molecule has 0 unspecified atom stereocenters. The van der Waals surface area contributed by atoms with Gasteiger partial charge in [-0.05, 0) is 38.1 Å². The fraction of sp³-hybridized carbons (Fsp3) is 0.333. The lowest BCUT2D eigenvalue weighted by molar-refractivity contribution is 0.219. The van der Waals surface area contributed by atoms with E-state index in [1.165, 1.54) is 4.90 Å². The third kappa shape index (κ3) is 4.24. The maximum atomic E-state index is 12.1. The van der Waals surface area contributed by atoms with Crippen LogP contribution in [0.4, 0.5) is 10.5 Å². The van der Waals surface area contributed by atoms with Gasteiger partial charge in [-0.25, -0.2) is 4.79 Å². The number of rotatable bonds is 5. The van der Waals surface area contributed by atoms with Gasteiger partial charge >= 0.3 is 6.03 Å². The molecule has 0 bridgehead atoms. The number of hydrogen-bond donors (Lipinski definition) is 1. The molecule has 0 aliphatic rings. The molecule has 2 aromatic rings. The van der Waals surface area contributed by atoms with E-state index in [2.05, 4.69) is 10.5 Å². The van der Waals surface area contributed by atoms with Crippen LogP contribution in [0, 0.1) is 6.92 Å². The molecule has 0 radical (unpaired) electrons. The number of nitrogens with one attached hydrogen (secondary N) is 1. The Bertz CT molecular complexity index is 592. The van der Waals surface area contributed by atoms with Gasteiger partial charge in [0.05, 0.1) is 13.2 Å². The van der Waals surface area contributed by atoms with Crippen LogP contribution in [0.2, 0.25) is 0 Å². The summed E-state index contributed by atoms with van der Waals surface area (Å²) >= 11 is 0. The highest BCUT2D eigenvalue weighted by Gasteiger charge is 2.11. The molecule has 21 heavy (non-hydrogen) atoms. The van der Waals surface area contributed by atoms with Crippen LogP contribution in [0.3, 0.4) is 0 Å². The Labute approximate surface area is 123 Å². The molecule has 6 nitrogen and oxygen atoms in total. The Balaban J connectivity index is 1.90. The number of ether oxygens (including phenoxy) is 1. The lowest BCUT2D eigenvalue weighted by atomic mass is 10.3. The molecule has 2 amide bonds. The largest absolute Gasteiger partial charge is 0.494 e. The van der Waals surface area contributed by atoms with Gasteiger partial charge in [-0.1, -0.05) is 5.16 Å². The minimum absolute atomic E-state index is 0.209. The number of benzene rings is 1. The molecular formula is C15H19N3O3. The number of amides is 2. The minimum atomic E-state index is -0.209. The van der Waals surface area contributed by atoms with Gasteiger partial charge in [0.1, 0.15) is 17.2 Å². The van der Waals surface area contributed by atoms with E-state index in [4.69, 9.17) is 9.26 Å². The van der Waals surface area contributed by atoms with Crippen LogP contribution < -0.4 is 10.1 Å². The van der Waals surface area contributed by atoms with Gasteiger partial charge in [-0.2, -0.15) is 0 Å². The molecule has 0 saturated heterocycles. The maximum absolute atomic E-state index is 12.1. The second-order valence-corrected chi connectivity index (χ2v) is 4.67. The smallest absolute Gasteiger partial charge is 0.321 e. The monoisotopic (exact) mass is 289 g/mol. The number of aryl methyl sites for hydroxylation is 1. The lowest BCUT2D eigenvalue weighted by Crippen LogP contribution is -2.30. The predicted molar refractivity (Wildman–Crippen MR) is 79.3 cm³/mol. The van der Waals surface area contributed by atoms with Crippen molar-refractivity contribution >= 4 is 11.7 Å². The molecular weight excluding hydrogens is 270 g/mol. The SMILES string of the molecule is CCOc1ccc(NC(=O)N(C)Cc2cc(C)on2)cc1. The van der Waals surface area contributed by atoms with E-state index in [0.29, 0.717) is 18.8 Å². The normalized spacial score (nSPS) is 10.2. The molecule has 1 aromatic carbocycles. The molecule has 0 aliphatic heterocycles. The quantitative estimate of drug-likeness (QED) is 0.918. The van der Waals surface area contributed by atoms with E-state index in [0.717, 1.165) is 17.2 Å². The minimum Gasteiger partial charge on any atom is -0.494 e. The van der Waals surface area contributed by atoms with Crippen molar-refractivity contribution in [2.45, 2.75) is 20.4 Å². The fourth-order valence-corrected chi connectivity index (χ4v) is 1.83. The number of carbonyl (C=O) groups is 1. The third-order valence-electron chi connectivity index (χ3n) is 2.84. The highest BCUT2D eigenvalue weighted by atomic mass is 16.5. The summed E-state index contributed by atoms with van der Waals surface area (Å²) in [5.41, 5.74) is 1.43. The summed E-state index contributed by atoms with van der Waals surface area (Å²) in [5, 5.41) is 6.68. The second-order valence-electron chi connectivity index (χ2n) is 4.67. The molecule has 6 heteroatoms. The molecule has 2 rings (SSSR count). The molecule has 0 spiro atoms. The van der Waals surface area contributed by atoms with Crippen molar-refractivity contribution in [2.75, 3.05) is 19.0 Å². The molecule has 0 aliphatic carbocycles. The molecule has 0 saturated carbocycles. The van der Waals surface area contributed by atoms with E-state index >= 15 is 0 Å². The van der Waals surface area contributed by atoms with E-state index in [-0.39, 0.29) is 6.03 Å². The summed E-state index contributed by atoms with van der Waals surface area (Å²) in [5.74, 6) is 1.51. The number of aromatic nitrogens is 1. The first kappa shape index (κ1) is 14.9. The molecule has 1 N–H and O–H groups in total. The van der Waals surface area contributed by atoms with Crippen molar-refractivity contribution in [1.82, 2.24) is 10.1 Å². The van der Waals surface area contributed by atoms with E-state index < -0.39 is 0 Å². The van der Waals surface area contributed by atoms with Crippen molar-refractivity contribution in [1.29, 1.82) is 0 Å². The highest BCUT2D eigenvalue weighted by molar-refractivity contribution is 5.89. The van der Waals surface area contributed by atoms with Gasteiger partial charge in [-0.3, -0.25) is 0 Å². The zero-order valence-corrected chi connectivity index (χ0v) is 12.4. The summed E-state index contributed by atoms with van der Waals surface area (Å²) in [7, 11) is 1.70. The van der Waals surface area contributed by atoms with E-state index in [9.17, 15) is 4.79 Å². The molecule has 0 fully saturated rings. The Morgan fingerprint density at radius 3 is 2.67 bits per heavy atom. The standard InChI is InChI=1S/C15H19N3O3/c1-4-20-14-7-5-12(6-8-14)16-15(19)18(3)10-13-9-11(2)21-17-13/h5-9H,4,10H2,1-3H3,(H,16,19). The van der Waals surface area contributed by atoms with Crippen LogP contribution in [-0.2, 0) is 6.54 Å². The Morgan fingerprint density at radius 1 is 1.38 bits per heavy atom. The number of nitrogens with zero attached hydrogens (tertiary/aromatic N) is 2. The van der Waals surface area contributed by atoms with Gasteiger partial charge < -0.3 is 19.5 Å². The third-order valence-corrected chi connectivity index (χ3v) is 2.84. The van der Waals surface area contributed by atoms with Crippen molar-refractivity contribution < 1.29 is 14.1 Å². The summed E-state index contributed by atoms with van der Waals surface area (Å²) in [6, 6.07) is 8.84. The Hall–Kier alpha value is -2.50. The van der Waals surface area contributed by atoms with Crippen molar-refractivity contribution in [3.8, 4) is 5.75 Å². The zero-order valence-electron chi connectivity index (χ0n) is 12.4. The molecule has 0 atom stereocenters. The summed E-state index contributed by atoms with van der Waals surface area (Å²) in [6.07, 6.45) is 0. The van der Waals surface area contributed by atoms with E-state index in [1.54, 1.807) is 25.2 Å². The number of urea groups is 1. The van der Waals surface area contributed by atoms with Crippen molar-refractivity contribution in [2.24, 2.45) is 0 Å². The first-order valence-electron chi connectivity index (χ1n) is 6.75. The first-order valence-corrected chi connectivity index (χ1v) is 6.75. The van der Waals surface area contributed by atoms with Crippen LogP contribution >= 0.6 is 0 Å². The molecule has 1 aromatic heterocycles. The van der Waals surface area contributed by atoms with Gasteiger partial charge in [0.2, 0.25) is 0 Å². The van der Waals surface area contributed by atoms with Crippen LogP contribution in [0.15, 0.2) is 34.9 Å². The average molecular weight is 289 g/mol. The summed E-state index contributed by atoms with van der Waals surface area (Å²) < 4.78 is 10.3. The summed E-state index contributed by atoms with van der Waals surface area (Å²) in [6.45, 7) is 4.75. The van der Waals surface area contributed by atoms with Crippen LogP contribution in [0.1, 0.15) is 18.4 Å². The fourth-order valence-electron chi connectivity index (χ4n) is 1.83. The van der Waals surface area contributed by atoms with Crippen LogP contribution in [0.5, 0.6) is 5.75 Å². The van der Waals surface area contributed by atoms with Crippen molar-refractivity contribution in [3.05, 3.63) is 41.8 Å². The van der Waals surface area contributed by atoms with E-state index in [1.807, 2.05) is 26.0 Å². The van der Waals surface area contributed by atoms with Gasteiger partial charge in [0.15, 0.2) is 0 Å². The number of hydrogen-bond acceptors (Lipinski definition) is 4. The van der Waals surface area contributed by atoms with Gasteiger partial charge in [-0.15, -0.1) is 0 Å². The Morgan fingerprint density at radius 2 is 2.10 bits per heavy atom. The highest BCUT2D eigenvalue weighted by Crippen LogP contribution is 2.16. The van der Waals surface area contributed by atoms with Crippen molar-refractivity contribution in [3.63, 3.8) is 0 Å². The second kappa shape index (κ2) is 6.78. The predicted octanol–water partition coefficient (Wildman–Crippen LogP) is 3.05. The maximum Gasteiger partial charge on any atom is 0.321 e. The first-order chi connectivity index (χ1) is 10.1. The molecule has 112 valence electrons. The lowest BCUT2D eigenvalue weighted by Gasteiger charge is -2.16. The van der Waals surface area contributed by atoms with Gasteiger partial charge in [0.25, 0.3) is 0 Å². The number of anilines is 1. The zero-order chi connectivity index (χ0) is 15.2. The van der Waals surface area contributed by atoms with Gasteiger partial charge in [0, 0.05) is 18.8 Å².